The first-order valence-electron chi connectivity index (χ1n) is 7.89. The van der Waals surface area contributed by atoms with Crippen LogP contribution in [0.4, 0.5) is 4.39 Å². The Morgan fingerprint density at radius 1 is 1.09 bits per heavy atom. The third-order valence-electron chi connectivity index (χ3n) is 3.86. The molecule has 0 saturated carbocycles. The lowest BCUT2D eigenvalue weighted by molar-refractivity contribution is 0.101. The molecule has 0 saturated heterocycles. The van der Waals surface area contributed by atoms with Gasteiger partial charge in [0.2, 0.25) is 0 Å². The number of nitrogens with zero attached hydrogens (tertiary/aromatic N) is 1. The molecule has 0 aliphatic rings. The largest absolute Gasteiger partial charge is 0.497 e. The first-order valence-corrected chi connectivity index (χ1v) is 7.89. The van der Waals surface area contributed by atoms with Crippen LogP contribution in [0.2, 0.25) is 0 Å². The standard InChI is InChI=1S/C19H24FNO2/c1-3-17(22)14-21(13-16-6-4-5-7-19(16)20)12-15-8-10-18(23-2)11-9-15/h4-11,17,22H,3,12-14H2,1-2H3/t17-/m1/s1. The average molecular weight is 317 g/mol. The molecule has 124 valence electrons. The van der Waals surface area contributed by atoms with Crippen LogP contribution < -0.4 is 4.74 Å². The molecule has 3 nitrogen and oxygen atoms in total. The number of aliphatic hydroxyl groups is 1. The predicted octanol–water partition coefficient (Wildman–Crippen LogP) is 3.61. The van der Waals surface area contributed by atoms with E-state index in [1.54, 1.807) is 19.2 Å². The number of benzene rings is 2. The molecule has 0 bridgehead atoms. The summed E-state index contributed by atoms with van der Waals surface area (Å²) in [5, 5.41) is 9.98. The maximum atomic E-state index is 13.9. The Bertz CT molecular complexity index is 601. The number of halogens is 1. The minimum absolute atomic E-state index is 0.210. The van der Waals surface area contributed by atoms with E-state index in [1.165, 1.54) is 6.07 Å². The summed E-state index contributed by atoms with van der Waals surface area (Å²) < 4.78 is 19.1. The number of methoxy groups -OCH3 is 1. The zero-order chi connectivity index (χ0) is 16.7. The number of rotatable bonds is 8. The van der Waals surface area contributed by atoms with Gasteiger partial charge in [-0.3, -0.25) is 4.90 Å². The Kier molecular flexibility index (Phi) is 6.56. The van der Waals surface area contributed by atoms with Crippen molar-refractivity contribution in [3.05, 3.63) is 65.5 Å². The molecule has 0 unspecified atom stereocenters. The van der Waals surface area contributed by atoms with Gasteiger partial charge in [0, 0.05) is 25.2 Å². The smallest absolute Gasteiger partial charge is 0.127 e. The van der Waals surface area contributed by atoms with Crippen LogP contribution in [0.25, 0.3) is 0 Å². The van der Waals surface area contributed by atoms with Crippen molar-refractivity contribution in [2.45, 2.75) is 32.5 Å². The molecule has 0 aliphatic heterocycles. The zero-order valence-electron chi connectivity index (χ0n) is 13.7. The average Bonchev–Trinajstić information content (AvgIpc) is 2.57. The number of hydrogen-bond donors (Lipinski definition) is 1. The van der Waals surface area contributed by atoms with Gasteiger partial charge in [-0.2, -0.15) is 0 Å². The summed E-state index contributed by atoms with van der Waals surface area (Å²) in [6, 6.07) is 14.6. The normalized spacial score (nSPS) is 12.4. The van der Waals surface area contributed by atoms with Crippen LogP contribution in [0.1, 0.15) is 24.5 Å². The van der Waals surface area contributed by atoms with Crippen molar-refractivity contribution in [3.8, 4) is 5.75 Å². The van der Waals surface area contributed by atoms with Gasteiger partial charge < -0.3 is 9.84 Å². The van der Waals surface area contributed by atoms with E-state index in [-0.39, 0.29) is 5.82 Å². The third-order valence-corrected chi connectivity index (χ3v) is 3.86. The van der Waals surface area contributed by atoms with Crippen molar-refractivity contribution in [3.63, 3.8) is 0 Å². The highest BCUT2D eigenvalue weighted by Crippen LogP contribution is 2.16. The van der Waals surface area contributed by atoms with Crippen LogP contribution >= 0.6 is 0 Å². The quantitative estimate of drug-likeness (QED) is 0.807. The summed E-state index contributed by atoms with van der Waals surface area (Å²) in [4.78, 5) is 2.06. The zero-order valence-corrected chi connectivity index (χ0v) is 13.7. The van der Waals surface area contributed by atoms with Crippen LogP contribution in [0.3, 0.4) is 0 Å². The fourth-order valence-electron chi connectivity index (χ4n) is 2.47. The van der Waals surface area contributed by atoms with E-state index in [0.717, 1.165) is 11.3 Å². The molecule has 1 N–H and O–H groups in total. The molecular formula is C19H24FNO2. The molecule has 23 heavy (non-hydrogen) atoms. The fraction of sp³-hybridized carbons (Fsp3) is 0.368. The second-order valence-corrected chi connectivity index (χ2v) is 5.67. The van der Waals surface area contributed by atoms with E-state index in [2.05, 4.69) is 4.90 Å². The van der Waals surface area contributed by atoms with E-state index < -0.39 is 6.10 Å². The Balaban J connectivity index is 2.11. The minimum Gasteiger partial charge on any atom is -0.497 e. The second kappa shape index (κ2) is 8.65. The lowest BCUT2D eigenvalue weighted by Crippen LogP contribution is -2.31. The van der Waals surface area contributed by atoms with Crippen molar-refractivity contribution in [1.29, 1.82) is 0 Å². The van der Waals surface area contributed by atoms with Crippen LogP contribution in [-0.4, -0.2) is 29.8 Å². The van der Waals surface area contributed by atoms with Gasteiger partial charge in [0.25, 0.3) is 0 Å². The second-order valence-electron chi connectivity index (χ2n) is 5.67. The van der Waals surface area contributed by atoms with Gasteiger partial charge in [-0.15, -0.1) is 0 Å². The molecule has 0 spiro atoms. The molecule has 1 atom stereocenters. The molecule has 0 amide bonds. The molecule has 4 heteroatoms. The topological polar surface area (TPSA) is 32.7 Å². The summed E-state index contributed by atoms with van der Waals surface area (Å²) in [7, 11) is 1.64. The minimum atomic E-state index is -0.417. The Hall–Kier alpha value is -1.91. The highest BCUT2D eigenvalue weighted by Gasteiger charge is 2.13. The van der Waals surface area contributed by atoms with Crippen molar-refractivity contribution in [1.82, 2.24) is 4.90 Å². The van der Waals surface area contributed by atoms with Gasteiger partial charge in [0.1, 0.15) is 11.6 Å². The van der Waals surface area contributed by atoms with Gasteiger partial charge in [0.15, 0.2) is 0 Å². The van der Waals surface area contributed by atoms with Crippen LogP contribution in [0.5, 0.6) is 5.75 Å². The van der Waals surface area contributed by atoms with Crippen molar-refractivity contribution in [2.24, 2.45) is 0 Å². The van der Waals surface area contributed by atoms with Crippen molar-refractivity contribution in [2.75, 3.05) is 13.7 Å². The summed E-state index contributed by atoms with van der Waals surface area (Å²) in [5.41, 5.74) is 1.75. The van der Waals surface area contributed by atoms with Crippen LogP contribution in [0.15, 0.2) is 48.5 Å². The lowest BCUT2D eigenvalue weighted by Gasteiger charge is -2.25. The number of aliphatic hydroxyl groups excluding tert-OH is 1. The number of hydrogen-bond acceptors (Lipinski definition) is 3. The Morgan fingerprint density at radius 3 is 2.39 bits per heavy atom. The highest BCUT2D eigenvalue weighted by atomic mass is 19.1. The molecule has 0 fully saturated rings. The van der Waals surface area contributed by atoms with Gasteiger partial charge in [-0.25, -0.2) is 4.39 Å². The van der Waals surface area contributed by atoms with E-state index in [9.17, 15) is 9.50 Å². The first kappa shape index (κ1) is 17.4. The molecule has 2 aromatic rings. The molecule has 0 aliphatic carbocycles. The Labute approximate surface area is 137 Å². The van der Waals surface area contributed by atoms with E-state index in [1.807, 2.05) is 37.3 Å². The summed E-state index contributed by atoms with van der Waals surface area (Å²) in [6.07, 6.45) is 0.260. The molecular weight excluding hydrogens is 293 g/mol. The first-order chi connectivity index (χ1) is 11.1. The predicted molar refractivity (Wildman–Crippen MR) is 89.8 cm³/mol. The van der Waals surface area contributed by atoms with Gasteiger partial charge in [-0.1, -0.05) is 37.3 Å². The number of ether oxygens (including phenoxy) is 1. The fourth-order valence-corrected chi connectivity index (χ4v) is 2.47. The van der Waals surface area contributed by atoms with Crippen LogP contribution in [-0.2, 0) is 13.1 Å². The monoisotopic (exact) mass is 317 g/mol. The molecule has 2 rings (SSSR count). The Morgan fingerprint density at radius 2 is 1.78 bits per heavy atom. The lowest BCUT2D eigenvalue weighted by atomic mass is 10.1. The summed E-state index contributed by atoms with van der Waals surface area (Å²) in [5.74, 6) is 0.598. The van der Waals surface area contributed by atoms with Gasteiger partial charge >= 0.3 is 0 Å². The van der Waals surface area contributed by atoms with Crippen molar-refractivity contribution < 1.29 is 14.2 Å². The van der Waals surface area contributed by atoms with E-state index in [0.29, 0.717) is 31.6 Å². The molecule has 0 radical (unpaired) electrons. The maximum absolute atomic E-state index is 13.9. The van der Waals surface area contributed by atoms with Crippen LogP contribution in [0, 0.1) is 5.82 Å². The van der Waals surface area contributed by atoms with E-state index in [4.69, 9.17) is 4.74 Å². The molecule has 0 aromatic heterocycles. The summed E-state index contributed by atoms with van der Waals surface area (Å²) >= 11 is 0. The highest BCUT2D eigenvalue weighted by molar-refractivity contribution is 5.27. The van der Waals surface area contributed by atoms with Crippen molar-refractivity contribution >= 4 is 0 Å². The van der Waals surface area contributed by atoms with Gasteiger partial charge in [0.05, 0.1) is 13.2 Å². The van der Waals surface area contributed by atoms with Gasteiger partial charge in [-0.05, 0) is 30.2 Å². The summed E-state index contributed by atoms with van der Waals surface area (Å²) in [6.45, 7) is 3.57. The maximum Gasteiger partial charge on any atom is 0.127 e. The SMILES string of the molecule is CC[C@@H](O)CN(Cc1ccc(OC)cc1)Cc1ccccc1F. The molecule has 2 aromatic carbocycles. The third kappa shape index (κ3) is 5.34. The van der Waals surface area contributed by atoms with E-state index >= 15 is 0 Å². The molecule has 0 heterocycles.